The monoisotopic (exact) mass is 296 g/mol. The predicted octanol–water partition coefficient (Wildman–Crippen LogP) is 3.12. The molecule has 0 atom stereocenters. The summed E-state index contributed by atoms with van der Waals surface area (Å²) in [5.74, 6) is 0.0933. The highest BCUT2D eigenvalue weighted by Gasteiger charge is 2.14. The van der Waals surface area contributed by atoms with E-state index in [-0.39, 0.29) is 23.8 Å². The average Bonchev–Trinajstić information content (AvgIpc) is 2.86. The number of benzene rings is 1. The molecule has 0 aliphatic rings. The molecule has 7 heteroatoms. The number of nitrogens with zero attached hydrogens (tertiary/aromatic N) is 2. The maximum atomic E-state index is 11.1. The molecule has 0 aliphatic heterocycles. The molecule has 0 saturated heterocycles. The second-order valence-electron chi connectivity index (χ2n) is 4.44. The molecule has 106 valence electrons. The normalized spacial score (nSPS) is 10.8. The maximum absolute atomic E-state index is 11.1. The smallest absolute Gasteiger partial charge is 0.339 e. The molecular weight excluding hydrogens is 284 g/mol. The Morgan fingerprint density at radius 1 is 1.50 bits per heavy atom. The summed E-state index contributed by atoms with van der Waals surface area (Å²) in [6.07, 6.45) is 0. The number of halogens is 1. The Bertz CT molecular complexity index is 625. The van der Waals surface area contributed by atoms with Crippen molar-refractivity contribution in [2.45, 2.75) is 26.4 Å². The molecule has 1 heterocycles. The van der Waals surface area contributed by atoms with Crippen LogP contribution in [0.5, 0.6) is 5.75 Å². The topological polar surface area (TPSA) is 85.5 Å². The van der Waals surface area contributed by atoms with Crippen LogP contribution in [0.2, 0.25) is 5.02 Å². The lowest BCUT2D eigenvalue weighted by atomic mass is 10.2. The molecule has 0 fully saturated rings. The summed E-state index contributed by atoms with van der Waals surface area (Å²) < 4.78 is 10.4. The molecule has 2 aromatic rings. The SMILES string of the molecule is CC(C)c1nc(COc2ccc(Cl)cc2C(=O)O)no1. The Kier molecular flexibility index (Phi) is 4.24. The first kappa shape index (κ1) is 14.3. The van der Waals surface area contributed by atoms with Crippen molar-refractivity contribution >= 4 is 17.6 Å². The van der Waals surface area contributed by atoms with Crippen molar-refractivity contribution < 1.29 is 19.2 Å². The number of carboxylic acid groups (broad SMARTS) is 1. The fourth-order valence-electron chi connectivity index (χ4n) is 1.50. The van der Waals surface area contributed by atoms with E-state index in [9.17, 15) is 4.79 Å². The van der Waals surface area contributed by atoms with E-state index >= 15 is 0 Å². The molecule has 1 aromatic heterocycles. The van der Waals surface area contributed by atoms with Gasteiger partial charge in [-0.3, -0.25) is 0 Å². The van der Waals surface area contributed by atoms with Gasteiger partial charge in [0, 0.05) is 10.9 Å². The second-order valence-corrected chi connectivity index (χ2v) is 4.87. The van der Waals surface area contributed by atoms with Gasteiger partial charge in [-0.05, 0) is 18.2 Å². The molecule has 0 saturated carbocycles. The van der Waals surface area contributed by atoms with Crippen molar-refractivity contribution in [3.8, 4) is 5.75 Å². The van der Waals surface area contributed by atoms with Gasteiger partial charge in [-0.15, -0.1) is 0 Å². The third-order valence-electron chi connectivity index (χ3n) is 2.51. The molecule has 2 rings (SSSR count). The average molecular weight is 297 g/mol. The molecule has 1 aromatic carbocycles. The summed E-state index contributed by atoms with van der Waals surface area (Å²) in [6, 6.07) is 4.38. The van der Waals surface area contributed by atoms with Gasteiger partial charge in [0.15, 0.2) is 6.61 Å². The molecule has 0 unspecified atom stereocenters. The van der Waals surface area contributed by atoms with Crippen molar-refractivity contribution in [2.75, 3.05) is 0 Å². The van der Waals surface area contributed by atoms with Gasteiger partial charge in [0.05, 0.1) is 0 Å². The quantitative estimate of drug-likeness (QED) is 0.912. The van der Waals surface area contributed by atoms with E-state index in [1.165, 1.54) is 12.1 Å². The predicted molar refractivity (Wildman–Crippen MR) is 71.1 cm³/mol. The Labute approximate surface area is 120 Å². The number of aromatic nitrogens is 2. The zero-order chi connectivity index (χ0) is 14.7. The number of aromatic carboxylic acids is 1. The van der Waals surface area contributed by atoms with Crippen molar-refractivity contribution in [3.05, 3.63) is 40.5 Å². The molecule has 1 N–H and O–H groups in total. The standard InChI is InChI=1S/C13H13ClN2O4/c1-7(2)12-15-11(16-20-12)6-19-10-4-3-8(14)5-9(10)13(17)18/h3-5,7H,6H2,1-2H3,(H,17,18). The zero-order valence-electron chi connectivity index (χ0n) is 11.0. The molecule has 6 nitrogen and oxygen atoms in total. The van der Waals surface area contributed by atoms with Crippen molar-refractivity contribution in [2.24, 2.45) is 0 Å². The van der Waals surface area contributed by atoms with E-state index < -0.39 is 5.97 Å². The molecule has 0 radical (unpaired) electrons. The van der Waals surface area contributed by atoms with E-state index in [1.54, 1.807) is 6.07 Å². The van der Waals surface area contributed by atoms with Gasteiger partial charge in [-0.1, -0.05) is 30.6 Å². The highest BCUT2D eigenvalue weighted by Crippen LogP contribution is 2.23. The van der Waals surface area contributed by atoms with Crippen LogP contribution >= 0.6 is 11.6 Å². The molecular formula is C13H13ClN2O4. The van der Waals surface area contributed by atoms with Crippen LogP contribution in [-0.4, -0.2) is 21.2 Å². The fraction of sp³-hybridized carbons (Fsp3) is 0.308. The van der Waals surface area contributed by atoms with Gasteiger partial charge in [0.2, 0.25) is 11.7 Å². The Hall–Kier alpha value is -2.08. The van der Waals surface area contributed by atoms with Crippen LogP contribution in [0.3, 0.4) is 0 Å². The summed E-state index contributed by atoms with van der Waals surface area (Å²) in [5, 5.41) is 13.2. The first-order valence-electron chi connectivity index (χ1n) is 5.95. The first-order valence-corrected chi connectivity index (χ1v) is 6.33. The van der Waals surface area contributed by atoms with Gasteiger partial charge < -0.3 is 14.4 Å². The molecule has 0 aliphatic carbocycles. The number of carbonyl (C=O) groups is 1. The number of rotatable bonds is 5. The zero-order valence-corrected chi connectivity index (χ0v) is 11.7. The summed E-state index contributed by atoms with van der Waals surface area (Å²) in [5.41, 5.74) is -0.00919. The minimum Gasteiger partial charge on any atom is -0.485 e. The van der Waals surface area contributed by atoms with Crippen molar-refractivity contribution in [1.82, 2.24) is 10.1 Å². The van der Waals surface area contributed by atoms with Crippen LogP contribution in [0.4, 0.5) is 0 Å². The number of hydrogen-bond acceptors (Lipinski definition) is 5. The Balaban J connectivity index is 2.12. The van der Waals surface area contributed by atoms with Gasteiger partial charge in [0.1, 0.15) is 11.3 Å². The van der Waals surface area contributed by atoms with E-state index in [0.717, 1.165) is 0 Å². The van der Waals surface area contributed by atoms with Crippen LogP contribution in [0.1, 0.15) is 41.8 Å². The van der Waals surface area contributed by atoms with Crippen LogP contribution in [0.25, 0.3) is 0 Å². The lowest BCUT2D eigenvalue weighted by Gasteiger charge is -2.07. The Morgan fingerprint density at radius 2 is 2.25 bits per heavy atom. The highest BCUT2D eigenvalue weighted by molar-refractivity contribution is 6.31. The van der Waals surface area contributed by atoms with Crippen LogP contribution < -0.4 is 4.74 Å². The lowest BCUT2D eigenvalue weighted by molar-refractivity contribution is 0.0691. The maximum Gasteiger partial charge on any atom is 0.339 e. The van der Waals surface area contributed by atoms with Crippen molar-refractivity contribution in [3.63, 3.8) is 0 Å². The Morgan fingerprint density at radius 3 is 2.85 bits per heavy atom. The number of hydrogen-bond donors (Lipinski definition) is 1. The second kappa shape index (κ2) is 5.92. The lowest BCUT2D eigenvalue weighted by Crippen LogP contribution is -2.04. The minimum absolute atomic E-state index is 0.00919. The molecule has 0 spiro atoms. The number of ether oxygens (including phenoxy) is 1. The van der Waals surface area contributed by atoms with Crippen molar-refractivity contribution in [1.29, 1.82) is 0 Å². The van der Waals surface area contributed by atoms with Gasteiger partial charge >= 0.3 is 5.97 Å². The molecule has 0 amide bonds. The molecule has 0 bridgehead atoms. The summed E-state index contributed by atoms with van der Waals surface area (Å²) in [6.45, 7) is 3.89. The largest absolute Gasteiger partial charge is 0.485 e. The minimum atomic E-state index is -1.11. The summed E-state index contributed by atoms with van der Waals surface area (Å²) >= 11 is 5.76. The van der Waals surface area contributed by atoms with E-state index in [1.807, 2.05) is 13.8 Å². The van der Waals surface area contributed by atoms with Crippen LogP contribution in [0.15, 0.2) is 22.7 Å². The summed E-state index contributed by atoms with van der Waals surface area (Å²) in [4.78, 5) is 15.2. The van der Waals surface area contributed by atoms with E-state index in [4.69, 9.17) is 26.0 Å². The van der Waals surface area contributed by atoms with E-state index in [0.29, 0.717) is 16.7 Å². The van der Waals surface area contributed by atoms with Gasteiger partial charge in [-0.2, -0.15) is 4.98 Å². The van der Waals surface area contributed by atoms with Gasteiger partial charge in [0.25, 0.3) is 0 Å². The third kappa shape index (κ3) is 3.27. The molecule has 20 heavy (non-hydrogen) atoms. The fourth-order valence-corrected chi connectivity index (χ4v) is 1.67. The third-order valence-corrected chi connectivity index (χ3v) is 2.74. The number of carboxylic acids is 1. The van der Waals surface area contributed by atoms with E-state index in [2.05, 4.69) is 10.1 Å². The summed E-state index contributed by atoms with van der Waals surface area (Å²) in [7, 11) is 0. The van der Waals surface area contributed by atoms with Crippen LogP contribution in [-0.2, 0) is 6.61 Å². The van der Waals surface area contributed by atoms with Gasteiger partial charge in [-0.25, -0.2) is 4.79 Å². The first-order chi connectivity index (χ1) is 9.47. The van der Waals surface area contributed by atoms with Crippen LogP contribution in [0, 0.1) is 0 Å². The highest BCUT2D eigenvalue weighted by atomic mass is 35.5.